The third kappa shape index (κ3) is 4.33. The number of benzene rings is 1. The normalized spacial score (nSPS) is 12.7. The predicted octanol–water partition coefficient (Wildman–Crippen LogP) is 2.55. The summed E-state index contributed by atoms with van der Waals surface area (Å²) in [7, 11) is 1.76. The lowest BCUT2D eigenvalue weighted by Crippen LogP contribution is -2.35. The Morgan fingerprint density at radius 2 is 2.06 bits per heavy atom. The zero-order chi connectivity index (χ0) is 11.8. The molecule has 90 valence electrons. The van der Waals surface area contributed by atoms with Gasteiger partial charge in [0.05, 0.1) is 6.61 Å². The van der Waals surface area contributed by atoms with Crippen LogP contribution >= 0.6 is 0 Å². The van der Waals surface area contributed by atoms with Crippen LogP contribution < -0.4 is 5.32 Å². The molecule has 0 aliphatic rings. The Kier molecular flexibility index (Phi) is 6.12. The van der Waals surface area contributed by atoms with Crippen LogP contribution in [-0.2, 0) is 11.2 Å². The van der Waals surface area contributed by atoms with Crippen molar-refractivity contribution in [2.45, 2.75) is 32.7 Å². The lowest BCUT2D eigenvalue weighted by atomic mass is 10.0. The maximum atomic E-state index is 5.25. The van der Waals surface area contributed by atoms with Crippen LogP contribution in [0.2, 0.25) is 0 Å². The van der Waals surface area contributed by atoms with Crippen LogP contribution in [-0.4, -0.2) is 26.3 Å². The van der Waals surface area contributed by atoms with Crippen LogP contribution in [0.25, 0.3) is 0 Å². The van der Waals surface area contributed by atoms with Gasteiger partial charge >= 0.3 is 0 Å². The van der Waals surface area contributed by atoms with Gasteiger partial charge in [0.25, 0.3) is 0 Å². The van der Waals surface area contributed by atoms with Gasteiger partial charge in [0.1, 0.15) is 0 Å². The van der Waals surface area contributed by atoms with Crippen molar-refractivity contribution in [3.05, 3.63) is 35.4 Å². The SMILES string of the molecule is CCCNC(COC)Cc1ccccc1C. The minimum absolute atomic E-state index is 0.422. The zero-order valence-electron chi connectivity index (χ0n) is 10.6. The maximum Gasteiger partial charge on any atom is 0.0619 e. The number of hydrogen-bond acceptors (Lipinski definition) is 2. The molecule has 0 radical (unpaired) electrons. The Balaban J connectivity index is 2.56. The monoisotopic (exact) mass is 221 g/mol. The Morgan fingerprint density at radius 1 is 1.31 bits per heavy atom. The molecule has 1 N–H and O–H groups in total. The predicted molar refractivity (Wildman–Crippen MR) is 68.8 cm³/mol. The molecule has 16 heavy (non-hydrogen) atoms. The smallest absolute Gasteiger partial charge is 0.0619 e. The van der Waals surface area contributed by atoms with Crippen molar-refractivity contribution in [1.82, 2.24) is 5.32 Å². The summed E-state index contributed by atoms with van der Waals surface area (Å²) < 4.78 is 5.25. The van der Waals surface area contributed by atoms with Gasteiger partial charge in [-0.25, -0.2) is 0 Å². The second-order valence-electron chi connectivity index (χ2n) is 4.24. The van der Waals surface area contributed by atoms with Crippen molar-refractivity contribution < 1.29 is 4.74 Å². The second kappa shape index (κ2) is 7.42. The molecule has 0 aliphatic carbocycles. The van der Waals surface area contributed by atoms with E-state index in [1.807, 2.05) is 0 Å². The molecular weight excluding hydrogens is 198 g/mol. The Bertz CT molecular complexity index is 299. The first-order chi connectivity index (χ1) is 7.77. The fourth-order valence-electron chi connectivity index (χ4n) is 1.84. The van der Waals surface area contributed by atoms with Gasteiger partial charge < -0.3 is 10.1 Å². The molecule has 0 heterocycles. The first-order valence-corrected chi connectivity index (χ1v) is 6.04. The van der Waals surface area contributed by atoms with E-state index in [1.54, 1.807) is 7.11 Å². The van der Waals surface area contributed by atoms with Gasteiger partial charge in [-0.1, -0.05) is 31.2 Å². The van der Waals surface area contributed by atoms with Crippen molar-refractivity contribution in [3.63, 3.8) is 0 Å². The first kappa shape index (κ1) is 13.2. The third-order valence-corrected chi connectivity index (χ3v) is 2.78. The van der Waals surface area contributed by atoms with E-state index >= 15 is 0 Å². The molecule has 0 aromatic heterocycles. The molecule has 0 bridgehead atoms. The first-order valence-electron chi connectivity index (χ1n) is 6.04. The van der Waals surface area contributed by atoms with Gasteiger partial charge in [-0.15, -0.1) is 0 Å². The highest BCUT2D eigenvalue weighted by molar-refractivity contribution is 5.26. The number of nitrogens with one attached hydrogen (secondary N) is 1. The summed E-state index contributed by atoms with van der Waals surface area (Å²) in [5.74, 6) is 0. The molecule has 1 atom stereocenters. The fraction of sp³-hybridized carbons (Fsp3) is 0.571. The number of hydrogen-bond donors (Lipinski definition) is 1. The summed E-state index contributed by atoms with van der Waals surface area (Å²) in [6.45, 7) is 6.18. The molecular formula is C14H23NO. The van der Waals surface area contributed by atoms with Gasteiger partial charge in [0.15, 0.2) is 0 Å². The standard InChI is InChI=1S/C14H23NO/c1-4-9-15-14(11-16-3)10-13-8-6-5-7-12(13)2/h5-8,14-15H,4,9-11H2,1-3H3. The largest absolute Gasteiger partial charge is 0.383 e. The quantitative estimate of drug-likeness (QED) is 0.764. The fourth-order valence-corrected chi connectivity index (χ4v) is 1.84. The van der Waals surface area contributed by atoms with Crippen molar-refractivity contribution in [1.29, 1.82) is 0 Å². The molecule has 0 fully saturated rings. The van der Waals surface area contributed by atoms with Crippen LogP contribution in [0, 0.1) is 6.92 Å². The van der Waals surface area contributed by atoms with Gasteiger partial charge in [-0.3, -0.25) is 0 Å². The number of methoxy groups -OCH3 is 1. The Hall–Kier alpha value is -0.860. The number of ether oxygens (including phenoxy) is 1. The third-order valence-electron chi connectivity index (χ3n) is 2.78. The maximum absolute atomic E-state index is 5.25. The average Bonchev–Trinajstić information content (AvgIpc) is 2.29. The van der Waals surface area contributed by atoms with E-state index in [0.717, 1.165) is 26.0 Å². The average molecular weight is 221 g/mol. The van der Waals surface area contributed by atoms with E-state index in [2.05, 4.69) is 43.4 Å². The molecule has 0 spiro atoms. The summed E-state index contributed by atoms with van der Waals surface area (Å²) in [6, 6.07) is 8.98. The van der Waals surface area contributed by atoms with Gasteiger partial charge in [0.2, 0.25) is 0 Å². The summed E-state index contributed by atoms with van der Waals surface area (Å²) >= 11 is 0. The molecule has 2 heteroatoms. The van der Waals surface area contributed by atoms with Crippen LogP contribution in [0.4, 0.5) is 0 Å². The van der Waals surface area contributed by atoms with Gasteiger partial charge in [0, 0.05) is 13.2 Å². The van der Waals surface area contributed by atoms with Crippen molar-refractivity contribution in [3.8, 4) is 0 Å². The van der Waals surface area contributed by atoms with Crippen LogP contribution in [0.1, 0.15) is 24.5 Å². The Labute approximate surface area is 99.0 Å². The number of rotatable bonds is 7. The molecule has 0 amide bonds. The highest BCUT2D eigenvalue weighted by Gasteiger charge is 2.09. The molecule has 0 aliphatic heterocycles. The van der Waals surface area contributed by atoms with Crippen LogP contribution in [0.15, 0.2) is 24.3 Å². The minimum Gasteiger partial charge on any atom is -0.383 e. The minimum atomic E-state index is 0.422. The second-order valence-corrected chi connectivity index (χ2v) is 4.24. The number of aryl methyl sites for hydroxylation is 1. The van der Waals surface area contributed by atoms with E-state index in [1.165, 1.54) is 11.1 Å². The highest BCUT2D eigenvalue weighted by atomic mass is 16.5. The van der Waals surface area contributed by atoms with Crippen molar-refractivity contribution in [2.24, 2.45) is 0 Å². The molecule has 0 saturated carbocycles. The van der Waals surface area contributed by atoms with Gasteiger partial charge in [-0.05, 0) is 37.4 Å². The van der Waals surface area contributed by atoms with E-state index in [-0.39, 0.29) is 0 Å². The molecule has 0 saturated heterocycles. The van der Waals surface area contributed by atoms with E-state index in [4.69, 9.17) is 4.74 Å². The molecule has 1 rings (SSSR count). The van der Waals surface area contributed by atoms with E-state index < -0.39 is 0 Å². The molecule has 2 nitrogen and oxygen atoms in total. The van der Waals surface area contributed by atoms with E-state index in [9.17, 15) is 0 Å². The van der Waals surface area contributed by atoms with Crippen molar-refractivity contribution >= 4 is 0 Å². The topological polar surface area (TPSA) is 21.3 Å². The summed E-state index contributed by atoms with van der Waals surface area (Å²) in [6.07, 6.45) is 2.20. The molecule has 1 aromatic carbocycles. The van der Waals surface area contributed by atoms with E-state index in [0.29, 0.717) is 6.04 Å². The highest BCUT2D eigenvalue weighted by Crippen LogP contribution is 2.10. The van der Waals surface area contributed by atoms with Gasteiger partial charge in [-0.2, -0.15) is 0 Å². The summed E-state index contributed by atoms with van der Waals surface area (Å²) in [5.41, 5.74) is 2.77. The molecule has 1 aromatic rings. The lowest BCUT2D eigenvalue weighted by Gasteiger charge is -2.18. The lowest BCUT2D eigenvalue weighted by molar-refractivity contribution is 0.166. The molecule has 1 unspecified atom stereocenters. The zero-order valence-corrected chi connectivity index (χ0v) is 10.6. The van der Waals surface area contributed by atoms with Crippen LogP contribution in [0.3, 0.4) is 0 Å². The Morgan fingerprint density at radius 3 is 2.69 bits per heavy atom. The van der Waals surface area contributed by atoms with Crippen molar-refractivity contribution in [2.75, 3.05) is 20.3 Å². The summed E-state index contributed by atoms with van der Waals surface area (Å²) in [5, 5.41) is 3.52. The van der Waals surface area contributed by atoms with Crippen LogP contribution in [0.5, 0.6) is 0 Å². The summed E-state index contributed by atoms with van der Waals surface area (Å²) in [4.78, 5) is 0.